The first-order valence-corrected chi connectivity index (χ1v) is 7.90. The molecule has 6 heteroatoms. The van der Waals surface area contributed by atoms with Crippen LogP contribution in [-0.2, 0) is 0 Å². The number of pyridine rings is 1. The summed E-state index contributed by atoms with van der Waals surface area (Å²) in [7, 11) is 0. The van der Waals surface area contributed by atoms with Gasteiger partial charge in [0.2, 0.25) is 0 Å². The van der Waals surface area contributed by atoms with Crippen LogP contribution in [0.5, 0.6) is 11.5 Å². The van der Waals surface area contributed by atoms with Crippen LogP contribution in [0.4, 0.5) is 4.39 Å². The van der Waals surface area contributed by atoms with Crippen LogP contribution in [0.2, 0.25) is 0 Å². The normalized spacial score (nSPS) is 15.3. The molecule has 0 bridgehead atoms. The third kappa shape index (κ3) is 3.32. The Morgan fingerprint density at radius 2 is 2.08 bits per heavy atom. The van der Waals surface area contributed by atoms with Gasteiger partial charge in [0.15, 0.2) is 0 Å². The SMILES string of the molecule is Cc1cnccc1OC1CCN(C(=O)c2c(O)cccc2F)CC1. The quantitative estimate of drug-likeness (QED) is 0.940. The Hall–Kier alpha value is -2.63. The van der Waals surface area contributed by atoms with Gasteiger partial charge in [-0.1, -0.05) is 6.07 Å². The third-order valence-corrected chi connectivity index (χ3v) is 4.20. The molecule has 0 radical (unpaired) electrons. The summed E-state index contributed by atoms with van der Waals surface area (Å²) in [4.78, 5) is 18.0. The molecule has 1 fully saturated rings. The van der Waals surface area contributed by atoms with Gasteiger partial charge in [-0.15, -0.1) is 0 Å². The number of carbonyl (C=O) groups is 1. The van der Waals surface area contributed by atoms with Crippen molar-refractivity contribution in [2.24, 2.45) is 0 Å². The molecule has 3 rings (SSSR count). The van der Waals surface area contributed by atoms with Gasteiger partial charge in [-0.05, 0) is 25.1 Å². The van der Waals surface area contributed by atoms with Crippen molar-refractivity contribution in [1.82, 2.24) is 9.88 Å². The van der Waals surface area contributed by atoms with Crippen molar-refractivity contribution in [2.75, 3.05) is 13.1 Å². The van der Waals surface area contributed by atoms with E-state index in [9.17, 15) is 14.3 Å². The summed E-state index contributed by atoms with van der Waals surface area (Å²) >= 11 is 0. The minimum Gasteiger partial charge on any atom is -0.507 e. The minimum absolute atomic E-state index is 0.00404. The summed E-state index contributed by atoms with van der Waals surface area (Å²) in [6, 6.07) is 5.69. The molecule has 126 valence electrons. The molecule has 0 saturated carbocycles. The molecule has 1 saturated heterocycles. The first-order valence-electron chi connectivity index (χ1n) is 7.90. The van der Waals surface area contributed by atoms with Crippen LogP contribution >= 0.6 is 0 Å². The molecule has 1 aromatic heterocycles. The number of halogens is 1. The number of carbonyl (C=O) groups excluding carboxylic acids is 1. The van der Waals surface area contributed by atoms with E-state index < -0.39 is 11.7 Å². The van der Waals surface area contributed by atoms with Crippen LogP contribution in [0.3, 0.4) is 0 Å². The fraction of sp³-hybridized carbons (Fsp3) is 0.333. The van der Waals surface area contributed by atoms with E-state index in [4.69, 9.17) is 4.74 Å². The van der Waals surface area contributed by atoms with Gasteiger partial charge in [0.25, 0.3) is 5.91 Å². The number of aromatic nitrogens is 1. The number of piperidine rings is 1. The summed E-state index contributed by atoms with van der Waals surface area (Å²) < 4.78 is 19.8. The maximum absolute atomic E-state index is 13.8. The molecule has 5 nitrogen and oxygen atoms in total. The van der Waals surface area contributed by atoms with Gasteiger partial charge < -0.3 is 14.7 Å². The highest BCUT2D eigenvalue weighted by Crippen LogP contribution is 2.25. The van der Waals surface area contributed by atoms with E-state index in [-0.39, 0.29) is 17.4 Å². The Kier molecular flexibility index (Phi) is 4.64. The number of aromatic hydroxyl groups is 1. The van der Waals surface area contributed by atoms with Crippen molar-refractivity contribution in [3.05, 3.63) is 53.6 Å². The third-order valence-electron chi connectivity index (χ3n) is 4.20. The molecule has 2 aromatic rings. The smallest absolute Gasteiger partial charge is 0.260 e. The van der Waals surface area contributed by atoms with Gasteiger partial charge in [-0.25, -0.2) is 4.39 Å². The van der Waals surface area contributed by atoms with Crippen LogP contribution in [0.25, 0.3) is 0 Å². The summed E-state index contributed by atoms with van der Waals surface area (Å²) in [5.41, 5.74) is 0.703. The Labute approximate surface area is 139 Å². The summed E-state index contributed by atoms with van der Waals surface area (Å²) in [5.74, 6) is -0.720. The van der Waals surface area contributed by atoms with Gasteiger partial charge in [0.1, 0.15) is 29.0 Å². The van der Waals surface area contributed by atoms with Gasteiger partial charge in [0.05, 0.1) is 0 Å². The van der Waals surface area contributed by atoms with Crippen molar-refractivity contribution < 1.29 is 19.0 Å². The number of ether oxygens (including phenoxy) is 1. The summed E-state index contributed by atoms with van der Waals surface area (Å²) in [5, 5.41) is 9.75. The number of likely N-dealkylation sites (tertiary alicyclic amines) is 1. The zero-order valence-corrected chi connectivity index (χ0v) is 13.4. The van der Waals surface area contributed by atoms with Gasteiger partial charge in [0, 0.05) is 43.9 Å². The number of nitrogens with zero attached hydrogens (tertiary/aromatic N) is 2. The predicted molar refractivity (Wildman–Crippen MR) is 86.6 cm³/mol. The van der Waals surface area contributed by atoms with E-state index in [0.29, 0.717) is 25.9 Å². The molecule has 2 heterocycles. The predicted octanol–water partition coefficient (Wildman–Crippen LogP) is 2.92. The van der Waals surface area contributed by atoms with Crippen LogP contribution in [0.1, 0.15) is 28.8 Å². The lowest BCUT2D eigenvalue weighted by Gasteiger charge is -2.32. The molecular weight excluding hydrogens is 311 g/mol. The molecule has 0 aliphatic carbocycles. The molecule has 0 spiro atoms. The lowest BCUT2D eigenvalue weighted by molar-refractivity contribution is 0.0587. The Morgan fingerprint density at radius 3 is 2.75 bits per heavy atom. The van der Waals surface area contributed by atoms with E-state index in [1.165, 1.54) is 18.2 Å². The monoisotopic (exact) mass is 330 g/mol. The lowest BCUT2D eigenvalue weighted by atomic mass is 10.1. The second-order valence-corrected chi connectivity index (χ2v) is 5.88. The standard InChI is InChI=1S/C18H19FN2O3/c1-12-11-20-8-5-16(12)24-13-6-9-21(10-7-13)18(23)17-14(19)3-2-4-15(17)22/h2-5,8,11,13,22H,6-7,9-10H2,1H3. The van der Waals surface area contributed by atoms with Crippen molar-refractivity contribution in [2.45, 2.75) is 25.9 Å². The van der Waals surface area contributed by atoms with Crippen molar-refractivity contribution in [1.29, 1.82) is 0 Å². The zero-order valence-electron chi connectivity index (χ0n) is 13.4. The molecule has 1 N–H and O–H groups in total. The number of hydrogen-bond acceptors (Lipinski definition) is 4. The first kappa shape index (κ1) is 16.2. The molecule has 1 aromatic carbocycles. The molecule has 1 aliphatic rings. The maximum Gasteiger partial charge on any atom is 0.260 e. The number of amides is 1. The highest BCUT2D eigenvalue weighted by Gasteiger charge is 2.28. The van der Waals surface area contributed by atoms with Crippen molar-refractivity contribution >= 4 is 5.91 Å². The molecule has 24 heavy (non-hydrogen) atoms. The molecule has 1 aliphatic heterocycles. The Bertz CT molecular complexity index is 723. The Balaban J connectivity index is 1.63. The summed E-state index contributed by atoms with van der Waals surface area (Å²) in [6.07, 6.45) is 4.74. The number of rotatable bonds is 3. The van der Waals surface area contributed by atoms with E-state index in [1.54, 1.807) is 17.3 Å². The number of hydrogen-bond donors (Lipinski definition) is 1. The minimum atomic E-state index is -0.703. The highest BCUT2D eigenvalue weighted by molar-refractivity contribution is 5.97. The van der Waals surface area contributed by atoms with Gasteiger partial charge >= 0.3 is 0 Å². The number of aryl methyl sites for hydroxylation is 1. The zero-order chi connectivity index (χ0) is 17.1. The average molecular weight is 330 g/mol. The number of phenols is 1. The largest absolute Gasteiger partial charge is 0.507 e. The fourth-order valence-corrected chi connectivity index (χ4v) is 2.83. The second kappa shape index (κ2) is 6.86. The van der Waals surface area contributed by atoms with Crippen LogP contribution < -0.4 is 4.74 Å². The van der Waals surface area contributed by atoms with E-state index >= 15 is 0 Å². The second-order valence-electron chi connectivity index (χ2n) is 5.88. The van der Waals surface area contributed by atoms with Gasteiger partial charge in [-0.3, -0.25) is 9.78 Å². The molecule has 1 amide bonds. The fourth-order valence-electron chi connectivity index (χ4n) is 2.83. The van der Waals surface area contributed by atoms with E-state index in [0.717, 1.165) is 11.3 Å². The van der Waals surface area contributed by atoms with E-state index in [1.807, 2.05) is 13.0 Å². The molecule has 0 atom stereocenters. The number of phenolic OH excluding ortho intramolecular Hbond substituents is 1. The van der Waals surface area contributed by atoms with Crippen LogP contribution in [-0.4, -0.2) is 40.1 Å². The first-order chi connectivity index (χ1) is 11.6. The Morgan fingerprint density at radius 1 is 1.33 bits per heavy atom. The summed E-state index contributed by atoms with van der Waals surface area (Å²) in [6.45, 7) is 2.85. The lowest BCUT2D eigenvalue weighted by Crippen LogP contribution is -2.42. The molecule has 0 unspecified atom stereocenters. The van der Waals surface area contributed by atoms with E-state index in [2.05, 4.69) is 4.98 Å². The van der Waals surface area contributed by atoms with Crippen LogP contribution in [0, 0.1) is 12.7 Å². The van der Waals surface area contributed by atoms with Crippen LogP contribution in [0.15, 0.2) is 36.7 Å². The van der Waals surface area contributed by atoms with Crippen molar-refractivity contribution in [3.8, 4) is 11.5 Å². The molecular formula is C18H19FN2O3. The topological polar surface area (TPSA) is 62.7 Å². The average Bonchev–Trinajstić information content (AvgIpc) is 2.57. The maximum atomic E-state index is 13.8. The highest BCUT2D eigenvalue weighted by atomic mass is 19.1. The van der Waals surface area contributed by atoms with Crippen molar-refractivity contribution in [3.63, 3.8) is 0 Å². The van der Waals surface area contributed by atoms with Gasteiger partial charge in [-0.2, -0.15) is 0 Å². The number of benzene rings is 1.